The molecule has 98 valence electrons. The molecule has 18 heavy (non-hydrogen) atoms. The Kier molecular flexibility index (Phi) is 3.28. The monoisotopic (exact) mass is 258 g/mol. The number of rotatable bonds is 2. The van der Waals surface area contributed by atoms with Crippen LogP contribution < -0.4 is 0 Å². The quantitative estimate of drug-likeness (QED) is 0.816. The van der Waals surface area contributed by atoms with Crippen molar-refractivity contribution in [3.8, 4) is 0 Å². The molecule has 0 saturated carbocycles. The predicted molar refractivity (Wildman–Crippen MR) is 58.6 cm³/mol. The van der Waals surface area contributed by atoms with Crippen molar-refractivity contribution in [3.63, 3.8) is 0 Å². The molecule has 2 rings (SSSR count). The SMILES string of the molecule is Cc1cc(C(F)(F)F)ncc1CN1CCCC1=O. The van der Waals surface area contributed by atoms with Crippen molar-refractivity contribution in [1.29, 1.82) is 0 Å². The summed E-state index contributed by atoms with van der Waals surface area (Å²) in [6.45, 7) is 2.61. The number of alkyl halides is 3. The van der Waals surface area contributed by atoms with Gasteiger partial charge in [-0.05, 0) is 30.5 Å². The zero-order valence-electron chi connectivity index (χ0n) is 9.92. The number of hydrogen-bond donors (Lipinski definition) is 0. The number of likely N-dealkylation sites (tertiary alicyclic amines) is 1. The number of aryl methyl sites for hydroxylation is 1. The van der Waals surface area contributed by atoms with Crippen LogP contribution in [0.15, 0.2) is 12.3 Å². The van der Waals surface area contributed by atoms with Crippen LogP contribution in [0.5, 0.6) is 0 Å². The highest BCUT2D eigenvalue weighted by molar-refractivity contribution is 5.78. The van der Waals surface area contributed by atoms with Gasteiger partial charge in [0.1, 0.15) is 5.69 Å². The van der Waals surface area contributed by atoms with E-state index in [1.54, 1.807) is 11.8 Å². The maximum absolute atomic E-state index is 12.4. The van der Waals surface area contributed by atoms with E-state index in [1.807, 2.05) is 0 Å². The Morgan fingerprint density at radius 2 is 2.17 bits per heavy atom. The van der Waals surface area contributed by atoms with Crippen LogP contribution in [-0.4, -0.2) is 22.3 Å². The van der Waals surface area contributed by atoms with E-state index in [1.165, 1.54) is 6.20 Å². The van der Waals surface area contributed by atoms with Crippen molar-refractivity contribution in [1.82, 2.24) is 9.88 Å². The first-order valence-electron chi connectivity index (χ1n) is 5.68. The summed E-state index contributed by atoms with van der Waals surface area (Å²) < 4.78 is 37.3. The second-order valence-corrected chi connectivity index (χ2v) is 4.41. The molecule has 1 fully saturated rings. The first-order valence-corrected chi connectivity index (χ1v) is 5.68. The van der Waals surface area contributed by atoms with Gasteiger partial charge < -0.3 is 4.90 Å². The van der Waals surface area contributed by atoms with Crippen molar-refractivity contribution < 1.29 is 18.0 Å². The topological polar surface area (TPSA) is 33.2 Å². The van der Waals surface area contributed by atoms with E-state index in [0.717, 1.165) is 12.5 Å². The van der Waals surface area contributed by atoms with Crippen LogP contribution in [0.4, 0.5) is 13.2 Å². The average Bonchev–Trinajstić information content (AvgIpc) is 2.66. The molecule has 6 heteroatoms. The van der Waals surface area contributed by atoms with Gasteiger partial charge >= 0.3 is 6.18 Å². The summed E-state index contributed by atoms with van der Waals surface area (Å²) in [5.74, 6) is 0.0503. The second-order valence-electron chi connectivity index (χ2n) is 4.41. The maximum atomic E-state index is 12.4. The van der Waals surface area contributed by atoms with Crippen molar-refractivity contribution in [2.45, 2.75) is 32.5 Å². The van der Waals surface area contributed by atoms with Crippen molar-refractivity contribution in [2.24, 2.45) is 0 Å². The molecule has 1 saturated heterocycles. The number of nitrogens with zero attached hydrogens (tertiary/aromatic N) is 2. The summed E-state index contributed by atoms with van der Waals surface area (Å²) in [6.07, 6.45) is -1.88. The van der Waals surface area contributed by atoms with Crippen molar-refractivity contribution in [2.75, 3.05) is 6.54 Å². The fourth-order valence-electron chi connectivity index (χ4n) is 1.98. The molecule has 0 aromatic carbocycles. The molecular formula is C12H13F3N2O. The minimum Gasteiger partial charge on any atom is -0.338 e. The highest BCUT2D eigenvalue weighted by Crippen LogP contribution is 2.28. The number of carbonyl (C=O) groups excluding carboxylic acids is 1. The van der Waals surface area contributed by atoms with Gasteiger partial charge in [0.25, 0.3) is 0 Å². The standard InChI is InChI=1S/C12H13F3N2O/c1-8-5-10(12(13,14)15)16-6-9(8)7-17-4-2-3-11(17)18/h5-6H,2-4,7H2,1H3. The minimum absolute atomic E-state index is 0.0503. The van der Waals surface area contributed by atoms with Gasteiger partial charge in [0.05, 0.1) is 0 Å². The Morgan fingerprint density at radius 1 is 1.44 bits per heavy atom. The molecule has 0 atom stereocenters. The Bertz CT molecular complexity index is 471. The van der Waals surface area contributed by atoms with E-state index in [4.69, 9.17) is 0 Å². The lowest BCUT2D eigenvalue weighted by Crippen LogP contribution is -2.24. The second kappa shape index (κ2) is 4.59. The van der Waals surface area contributed by atoms with Crippen LogP contribution in [0.1, 0.15) is 29.7 Å². The van der Waals surface area contributed by atoms with Crippen LogP contribution in [-0.2, 0) is 17.5 Å². The summed E-state index contributed by atoms with van der Waals surface area (Å²) in [5, 5.41) is 0. The van der Waals surface area contributed by atoms with Crippen LogP contribution >= 0.6 is 0 Å². The Labute approximate surface area is 103 Å². The summed E-state index contributed by atoms with van der Waals surface area (Å²) in [7, 11) is 0. The Balaban J connectivity index is 2.17. The highest BCUT2D eigenvalue weighted by Gasteiger charge is 2.32. The number of aromatic nitrogens is 1. The molecule has 1 amide bonds. The third-order valence-electron chi connectivity index (χ3n) is 3.04. The largest absolute Gasteiger partial charge is 0.433 e. The zero-order valence-corrected chi connectivity index (χ0v) is 9.92. The maximum Gasteiger partial charge on any atom is 0.433 e. The number of pyridine rings is 1. The summed E-state index contributed by atoms with van der Waals surface area (Å²) in [5.41, 5.74) is 0.284. The highest BCUT2D eigenvalue weighted by atomic mass is 19.4. The molecule has 0 aliphatic carbocycles. The number of halogens is 3. The molecule has 0 radical (unpaired) electrons. The molecule has 0 N–H and O–H groups in total. The van der Waals surface area contributed by atoms with Gasteiger partial charge in [0.15, 0.2) is 0 Å². The third-order valence-corrected chi connectivity index (χ3v) is 3.04. The fraction of sp³-hybridized carbons (Fsp3) is 0.500. The van der Waals surface area contributed by atoms with Gasteiger partial charge in [-0.1, -0.05) is 0 Å². The average molecular weight is 258 g/mol. The van der Waals surface area contributed by atoms with Crippen LogP contribution in [0, 0.1) is 6.92 Å². The van der Waals surface area contributed by atoms with E-state index in [-0.39, 0.29) is 5.91 Å². The molecule has 0 spiro atoms. The molecule has 1 aliphatic rings. The van der Waals surface area contributed by atoms with Crippen LogP contribution in [0.25, 0.3) is 0 Å². The fourth-order valence-corrected chi connectivity index (χ4v) is 1.98. The molecule has 1 aromatic rings. The van der Waals surface area contributed by atoms with Gasteiger partial charge in [-0.25, -0.2) is 0 Å². The molecule has 0 unspecified atom stereocenters. The first-order chi connectivity index (χ1) is 8.38. The summed E-state index contributed by atoms with van der Waals surface area (Å²) in [4.78, 5) is 16.5. The zero-order chi connectivity index (χ0) is 13.3. The Hall–Kier alpha value is -1.59. The number of hydrogen-bond acceptors (Lipinski definition) is 2. The van der Waals surface area contributed by atoms with Crippen LogP contribution in [0.2, 0.25) is 0 Å². The van der Waals surface area contributed by atoms with Gasteiger partial charge in [0.2, 0.25) is 5.91 Å². The molecule has 0 bridgehead atoms. The molecule has 2 heterocycles. The molecule has 3 nitrogen and oxygen atoms in total. The Morgan fingerprint density at radius 3 is 2.67 bits per heavy atom. The lowest BCUT2D eigenvalue weighted by Gasteiger charge is -2.17. The third kappa shape index (κ3) is 2.63. The number of carbonyl (C=O) groups is 1. The van der Waals surface area contributed by atoms with E-state index >= 15 is 0 Å². The molecular weight excluding hydrogens is 245 g/mol. The predicted octanol–water partition coefficient (Wildman–Crippen LogP) is 2.53. The molecule has 1 aromatic heterocycles. The first kappa shape index (κ1) is 12.9. The van der Waals surface area contributed by atoms with Gasteiger partial charge in [-0.15, -0.1) is 0 Å². The van der Waals surface area contributed by atoms with Crippen molar-refractivity contribution in [3.05, 3.63) is 29.1 Å². The normalized spacial score (nSPS) is 16.4. The molecule has 1 aliphatic heterocycles. The van der Waals surface area contributed by atoms with Gasteiger partial charge in [-0.2, -0.15) is 13.2 Å². The lowest BCUT2D eigenvalue weighted by atomic mass is 10.1. The minimum atomic E-state index is -4.42. The number of amides is 1. The summed E-state index contributed by atoms with van der Waals surface area (Å²) in [6, 6.07) is 1.02. The smallest absolute Gasteiger partial charge is 0.338 e. The van der Waals surface area contributed by atoms with Crippen molar-refractivity contribution >= 4 is 5.91 Å². The lowest BCUT2D eigenvalue weighted by molar-refractivity contribution is -0.141. The van der Waals surface area contributed by atoms with E-state index < -0.39 is 11.9 Å². The summed E-state index contributed by atoms with van der Waals surface area (Å²) >= 11 is 0. The van der Waals surface area contributed by atoms with Crippen LogP contribution in [0.3, 0.4) is 0 Å². The van der Waals surface area contributed by atoms with E-state index in [9.17, 15) is 18.0 Å². The van der Waals surface area contributed by atoms with E-state index in [2.05, 4.69) is 4.98 Å². The van der Waals surface area contributed by atoms with Gasteiger partial charge in [0, 0.05) is 25.7 Å². The van der Waals surface area contributed by atoms with E-state index in [0.29, 0.717) is 30.6 Å². The van der Waals surface area contributed by atoms with Gasteiger partial charge in [-0.3, -0.25) is 9.78 Å².